The summed E-state index contributed by atoms with van der Waals surface area (Å²) in [6, 6.07) is 14.0. The van der Waals surface area contributed by atoms with Gasteiger partial charge in [-0.1, -0.05) is 35.3 Å². The first-order valence-electron chi connectivity index (χ1n) is 11.5. The summed E-state index contributed by atoms with van der Waals surface area (Å²) in [6.45, 7) is 2.37. The van der Waals surface area contributed by atoms with E-state index in [-0.39, 0.29) is 29.7 Å². The van der Waals surface area contributed by atoms with E-state index >= 15 is 0 Å². The molecule has 1 N–H and O–H groups in total. The molecule has 0 unspecified atom stereocenters. The molecule has 0 saturated carbocycles. The Bertz CT molecular complexity index is 1470. The van der Waals surface area contributed by atoms with Crippen molar-refractivity contribution < 1.29 is 33.3 Å². The first kappa shape index (κ1) is 25.4. The van der Waals surface area contributed by atoms with Gasteiger partial charge in [-0.25, -0.2) is 9.69 Å². The summed E-state index contributed by atoms with van der Waals surface area (Å²) >= 11 is 12.5. The number of urea groups is 1. The zero-order valence-corrected chi connectivity index (χ0v) is 21.5. The van der Waals surface area contributed by atoms with Crippen LogP contribution in [-0.2, 0) is 16.2 Å². The minimum atomic E-state index is -0.880. The van der Waals surface area contributed by atoms with Gasteiger partial charge in [0.15, 0.2) is 23.0 Å². The number of anilines is 1. The number of nitrogens with zero attached hydrogens (tertiary/aromatic N) is 1. The summed E-state index contributed by atoms with van der Waals surface area (Å²) in [6.07, 6.45) is 1.33. The third kappa shape index (κ3) is 5.11. The Labute approximate surface area is 227 Å². The molecule has 2 heterocycles. The molecule has 0 aromatic heterocycles. The van der Waals surface area contributed by atoms with Crippen LogP contribution in [-0.4, -0.2) is 31.2 Å². The maximum atomic E-state index is 13.3. The number of amides is 4. The fourth-order valence-corrected chi connectivity index (χ4v) is 4.29. The van der Waals surface area contributed by atoms with Crippen molar-refractivity contribution in [1.82, 2.24) is 5.32 Å². The second-order valence-corrected chi connectivity index (χ2v) is 9.02. The molecule has 1 fully saturated rings. The van der Waals surface area contributed by atoms with Gasteiger partial charge in [0.2, 0.25) is 6.79 Å². The zero-order chi connectivity index (χ0) is 26.8. The third-order valence-electron chi connectivity index (χ3n) is 5.66. The zero-order valence-electron chi connectivity index (χ0n) is 20.0. The summed E-state index contributed by atoms with van der Waals surface area (Å²) in [7, 11) is 0. The summed E-state index contributed by atoms with van der Waals surface area (Å²) in [5.74, 6) is -0.144. The smallest absolute Gasteiger partial charge is 0.335 e. The highest BCUT2D eigenvalue weighted by Gasteiger charge is 2.37. The lowest BCUT2D eigenvalue weighted by Crippen LogP contribution is -2.54. The number of fused-ring (bicyclic) bond motifs is 1. The highest BCUT2D eigenvalue weighted by atomic mass is 35.5. The molecule has 4 amide bonds. The van der Waals surface area contributed by atoms with Crippen LogP contribution < -0.4 is 29.2 Å². The third-order valence-corrected chi connectivity index (χ3v) is 6.19. The number of halogens is 2. The van der Waals surface area contributed by atoms with Crippen LogP contribution in [0.2, 0.25) is 10.0 Å². The van der Waals surface area contributed by atoms with Gasteiger partial charge in [0.25, 0.3) is 11.8 Å². The number of barbiturate groups is 1. The van der Waals surface area contributed by atoms with Crippen LogP contribution >= 0.6 is 23.2 Å². The van der Waals surface area contributed by atoms with E-state index in [1.807, 2.05) is 12.1 Å². The molecule has 2 aliphatic heterocycles. The number of ether oxygens (including phenoxy) is 4. The quantitative estimate of drug-likeness (QED) is 0.309. The highest BCUT2D eigenvalue weighted by Crippen LogP contribution is 2.39. The van der Waals surface area contributed by atoms with Crippen LogP contribution in [0.5, 0.6) is 23.0 Å². The van der Waals surface area contributed by atoms with Gasteiger partial charge < -0.3 is 18.9 Å². The number of benzene rings is 3. The maximum Gasteiger partial charge on any atom is 0.335 e. The average molecular weight is 555 g/mol. The number of nitrogens with one attached hydrogen (secondary N) is 1. The molecule has 3 aromatic rings. The molecule has 0 atom stereocenters. The molecule has 194 valence electrons. The Morgan fingerprint density at radius 3 is 2.50 bits per heavy atom. The van der Waals surface area contributed by atoms with Crippen molar-refractivity contribution in [1.29, 1.82) is 0 Å². The molecule has 11 heteroatoms. The van der Waals surface area contributed by atoms with Crippen LogP contribution in [0.1, 0.15) is 18.1 Å². The fourth-order valence-electron chi connectivity index (χ4n) is 3.89. The second-order valence-electron chi connectivity index (χ2n) is 8.17. The molecule has 0 spiro atoms. The number of carbonyl (C=O) groups is 3. The highest BCUT2D eigenvalue weighted by molar-refractivity contribution is 6.39. The van der Waals surface area contributed by atoms with E-state index in [9.17, 15) is 14.4 Å². The lowest BCUT2D eigenvalue weighted by Gasteiger charge is -2.26. The van der Waals surface area contributed by atoms with Crippen molar-refractivity contribution in [2.75, 3.05) is 18.3 Å². The van der Waals surface area contributed by atoms with E-state index in [2.05, 4.69) is 5.32 Å². The van der Waals surface area contributed by atoms with E-state index in [1.54, 1.807) is 31.2 Å². The molecular weight excluding hydrogens is 535 g/mol. The van der Waals surface area contributed by atoms with Gasteiger partial charge in [-0.3, -0.25) is 14.9 Å². The second kappa shape index (κ2) is 10.6. The largest absolute Gasteiger partial charge is 0.490 e. The summed E-state index contributed by atoms with van der Waals surface area (Å²) in [4.78, 5) is 39.4. The van der Waals surface area contributed by atoms with Crippen molar-refractivity contribution in [3.8, 4) is 23.0 Å². The Morgan fingerprint density at radius 1 is 0.974 bits per heavy atom. The van der Waals surface area contributed by atoms with E-state index in [0.29, 0.717) is 40.2 Å². The Balaban J connectivity index is 1.44. The Morgan fingerprint density at radius 2 is 1.74 bits per heavy atom. The van der Waals surface area contributed by atoms with E-state index in [4.69, 9.17) is 42.1 Å². The molecule has 38 heavy (non-hydrogen) atoms. The molecule has 0 aliphatic carbocycles. The van der Waals surface area contributed by atoms with Gasteiger partial charge in [-0.2, -0.15) is 0 Å². The van der Waals surface area contributed by atoms with Gasteiger partial charge in [0, 0.05) is 11.1 Å². The summed E-state index contributed by atoms with van der Waals surface area (Å²) in [5.41, 5.74) is 1.22. The van der Waals surface area contributed by atoms with Gasteiger partial charge in [-0.05, 0) is 60.5 Å². The topological polar surface area (TPSA) is 103 Å². The molecule has 5 rings (SSSR count). The van der Waals surface area contributed by atoms with Gasteiger partial charge >= 0.3 is 6.03 Å². The van der Waals surface area contributed by atoms with Crippen LogP contribution in [0.25, 0.3) is 6.08 Å². The molecule has 0 bridgehead atoms. The van der Waals surface area contributed by atoms with Crippen LogP contribution in [0.3, 0.4) is 0 Å². The van der Waals surface area contributed by atoms with Crippen molar-refractivity contribution in [2.45, 2.75) is 13.5 Å². The van der Waals surface area contributed by atoms with Crippen molar-refractivity contribution in [2.24, 2.45) is 0 Å². The maximum absolute atomic E-state index is 13.3. The number of carbonyl (C=O) groups excluding carboxylic acids is 3. The fraction of sp³-hybridized carbons (Fsp3) is 0.148. The van der Waals surface area contributed by atoms with Gasteiger partial charge in [0.05, 0.1) is 17.3 Å². The van der Waals surface area contributed by atoms with Crippen LogP contribution in [0, 0.1) is 0 Å². The predicted molar refractivity (Wildman–Crippen MR) is 140 cm³/mol. The Kier molecular flexibility index (Phi) is 7.13. The number of rotatable bonds is 7. The SMILES string of the molecule is CCOc1cc(/C=C2\C(=O)NC(=O)N(c3ccc4c(c3)OCO4)C2=O)cc(Cl)c1OCc1ccc(Cl)cc1. The number of hydrogen-bond acceptors (Lipinski definition) is 7. The monoisotopic (exact) mass is 554 g/mol. The lowest BCUT2D eigenvalue weighted by atomic mass is 10.1. The van der Waals surface area contributed by atoms with E-state index < -0.39 is 17.8 Å². The van der Waals surface area contributed by atoms with Gasteiger partial charge in [-0.15, -0.1) is 0 Å². The number of imide groups is 2. The van der Waals surface area contributed by atoms with Crippen molar-refractivity contribution >= 4 is 52.8 Å². The van der Waals surface area contributed by atoms with Crippen molar-refractivity contribution in [3.63, 3.8) is 0 Å². The first-order chi connectivity index (χ1) is 18.3. The minimum Gasteiger partial charge on any atom is -0.490 e. The summed E-state index contributed by atoms with van der Waals surface area (Å²) < 4.78 is 22.3. The first-order valence-corrected chi connectivity index (χ1v) is 12.2. The van der Waals surface area contributed by atoms with Crippen molar-refractivity contribution in [3.05, 3.63) is 81.3 Å². The van der Waals surface area contributed by atoms with Gasteiger partial charge in [0.1, 0.15) is 12.2 Å². The van der Waals surface area contributed by atoms with E-state index in [1.165, 1.54) is 24.3 Å². The minimum absolute atomic E-state index is 0.0326. The van der Waals surface area contributed by atoms with Crippen LogP contribution in [0.15, 0.2) is 60.2 Å². The summed E-state index contributed by atoms with van der Waals surface area (Å²) in [5, 5.41) is 3.02. The molecule has 0 radical (unpaired) electrons. The predicted octanol–water partition coefficient (Wildman–Crippen LogP) is 5.37. The lowest BCUT2D eigenvalue weighted by molar-refractivity contribution is -0.122. The average Bonchev–Trinajstić information content (AvgIpc) is 3.35. The van der Waals surface area contributed by atoms with E-state index in [0.717, 1.165) is 10.5 Å². The molecular formula is C27H20Cl2N2O7. The molecule has 3 aromatic carbocycles. The van der Waals surface area contributed by atoms with Crippen LogP contribution in [0.4, 0.5) is 10.5 Å². The standard InChI is InChI=1S/C27H20Cl2N2O7/c1-2-35-23-11-16(10-20(29)24(23)36-13-15-3-5-17(28)6-4-15)9-19-25(32)30-27(34)31(26(19)33)18-7-8-21-22(12-18)38-14-37-21/h3-12H,2,13-14H2,1H3,(H,30,32,34)/b19-9+. The number of hydrogen-bond donors (Lipinski definition) is 1. The normalized spacial score (nSPS) is 15.6. The molecule has 2 aliphatic rings. The molecule has 1 saturated heterocycles. The molecule has 9 nitrogen and oxygen atoms in total. The Hall–Kier alpha value is -4.21.